The normalized spacial score (nSPS) is 20.5. The Balaban J connectivity index is 1.30. The van der Waals surface area contributed by atoms with Crippen molar-refractivity contribution in [1.82, 2.24) is 29.4 Å². The third-order valence-corrected chi connectivity index (χ3v) is 4.51. The van der Waals surface area contributed by atoms with E-state index in [1.807, 2.05) is 29.1 Å². The molecule has 1 aliphatic heterocycles. The zero-order valence-corrected chi connectivity index (χ0v) is 14.4. The highest BCUT2D eigenvalue weighted by molar-refractivity contribution is 5.17. The lowest BCUT2D eigenvalue weighted by atomic mass is 10.2. The predicted molar refractivity (Wildman–Crippen MR) is 94.7 cm³/mol. The van der Waals surface area contributed by atoms with Gasteiger partial charge >= 0.3 is 0 Å². The Morgan fingerprint density at radius 2 is 1.96 bits per heavy atom. The summed E-state index contributed by atoms with van der Waals surface area (Å²) in [5.41, 5.74) is 1.18. The molecular weight excluding hydrogens is 332 g/mol. The monoisotopic (exact) mass is 354 g/mol. The van der Waals surface area contributed by atoms with Crippen molar-refractivity contribution >= 4 is 0 Å². The van der Waals surface area contributed by atoms with Crippen LogP contribution in [0.15, 0.2) is 55.4 Å². The quantitative estimate of drug-likeness (QED) is 0.671. The molecule has 0 amide bonds. The number of hydrogen-bond acceptors (Lipinski definition) is 6. The smallest absolute Gasteiger partial charge is 0.157 e. The molecule has 1 fully saturated rings. The number of aliphatic hydroxyl groups is 1. The van der Waals surface area contributed by atoms with Gasteiger partial charge in [0.1, 0.15) is 24.9 Å². The van der Waals surface area contributed by atoms with E-state index < -0.39 is 6.10 Å². The Morgan fingerprint density at radius 3 is 2.77 bits per heavy atom. The van der Waals surface area contributed by atoms with E-state index >= 15 is 0 Å². The second kappa shape index (κ2) is 7.67. The van der Waals surface area contributed by atoms with Crippen LogP contribution in [0.2, 0.25) is 0 Å². The van der Waals surface area contributed by atoms with Gasteiger partial charge in [0.2, 0.25) is 0 Å². The molecular formula is C18H22N6O2. The molecule has 3 aromatic rings. The van der Waals surface area contributed by atoms with E-state index in [-0.39, 0.29) is 6.10 Å². The van der Waals surface area contributed by atoms with E-state index in [0.717, 1.165) is 13.1 Å². The molecule has 0 aliphatic carbocycles. The average molecular weight is 354 g/mol. The van der Waals surface area contributed by atoms with Gasteiger partial charge in [-0.05, 0) is 5.56 Å². The van der Waals surface area contributed by atoms with E-state index in [1.165, 1.54) is 11.9 Å². The van der Waals surface area contributed by atoms with Gasteiger partial charge in [-0.25, -0.2) is 4.98 Å². The van der Waals surface area contributed by atoms with Crippen LogP contribution < -0.4 is 4.74 Å². The molecule has 1 aromatic carbocycles. The number of rotatable bonds is 7. The second-order valence-corrected chi connectivity index (χ2v) is 6.50. The van der Waals surface area contributed by atoms with E-state index in [9.17, 15) is 5.11 Å². The van der Waals surface area contributed by atoms with Crippen LogP contribution in [0.1, 0.15) is 5.56 Å². The van der Waals surface area contributed by atoms with Gasteiger partial charge in [0.15, 0.2) is 5.75 Å². The SMILES string of the molecule is O[C@@H]1CN(CCn2cncn2)C[C@H]1Oc1cnn(Cc2ccccc2)c1. The maximum Gasteiger partial charge on any atom is 0.157 e. The van der Waals surface area contributed by atoms with Gasteiger partial charge in [-0.3, -0.25) is 14.3 Å². The first-order valence-electron chi connectivity index (χ1n) is 8.72. The van der Waals surface area contributed by atoms with Crippen molar-refractivity contribution in [3.05, 3.63) is 60.9 Å². The molecule has 0 bridgehead atoms. The molecule has 8 heteroatoms. The number of hydrogen-bond donors (Lipinski definition) is 1. The van der Waals surface area contributed by atoms with Crippen LogP contribution in [-0.2, 0) is 13.1 Å². The van der Waals surface area contributed by atoms with E-state index in [2.05, 4.69) is 32.2 Å². The highest BCUT2D eigenvalue weighted by atomic mass is 16.5. The summed E-state index contributed by atoms with van der Waals surface area (Å²) in [6, 6.07) is 10.2. The number of aromatic nitrogens is 5. The predicted octanol–water partition coefficient (Wildman–Crippen LogP) is 0.647. The molecule has 1 saturated heterocycles. The topological polar surface area (TPSA) is 81.2 Å². The molecule has 3 heterocycles. The lowest BCUT2D eigenvalue weighted by molar-refractivity contribution is 0.0736. The maximum atomic E-state index is 10.3. The minimum atomic E-state index is -0.511. The largest absolute Gasteiger partial charge is 0.483 e. The highest BCUT2D eigenvalue weighted by Crippen LogP contribution is 2.19. The first-order chi connectivity index (χ1) is 12.8. The van der Waals surface area contributed by atoms with Crippen LogP contribution in [0.4, 0.5) is 0 Å². The summed E-state index contributed by atoms with van der Waals surface area (Å²) in [4.78, 5) is 6.11. The molecule has 4 rings (SSSR count). The molecule has 0 radical (unpaired) electrons. The number of benzene rings is 1. The van der Waals surface area contributed by atoms with Gasteiger partial charge in [0.25, 0.3) is 0 Å². The molecule has 8 nitrogen and oxygen atoms in total. The average Bonchev–Trinajstić information content (AvgIpc) is 3.38. The Labute approximate surface area is 151 Å². The van der Waals surface area contributed by atoms with Crippen molar-refractivity contribution in [2.45, 2.75) is 25.3 Å². The molecule has 0 spiro atoms. The lowest BCUT2D eigenvalue weighted by Gasteiger charge is -2.16. The summed E-state index contributed by atoms with van der Waals surface area (Å²) in [7, 11) is 0. The summed E-state index contributed by atoms with van der Waals surface area (Å²) < 4.78 is 9.59. The van der Waals surface area contributed by atoms with Crippen LogP contribution in [0.3, 0.4) is 0 Å². The van der Waals surface area contributed by atoms with Gasteiger partial charge in [0, 0.05) is 19.6 Å². The number of likely N-dealkylation sites (tertiary alicyclic amines) is 1. The van der Waals surface area contributed by atoms with E-state index in [1.54, 1.807) is 17.2 Å². The molecule has 0 unspecified atom stereocenters. The molecule has 26 heavy (non-hydrogen) atoms. The maximum absolute atomic E-state index is 10.3. The van der Waals surface area contributed by atoms with Crippen molar-refractivity contribution in [1.29, 1.82) is 0 Å². The molecule has 136 valence electrons. The molecule has 1 N–H and O–H groups in total. The minimum Gasteiger partial charge on any atom is -0.483 e. The lowest BCUT2D eigenvalue weighted by Crippen LogP contribution is -2.30. The molecule has 1 aliphatic rings. The van der Waals surface area contributed by atoms with Crippen molar-refractivity contribution in [2.24, 2.45) is 0 Å². The van der Waals surface area contributed by atoms with Crippen LogP contribution in [0.25, 0.3) is 0 Å². The van der Waals surface area contributed by atoms with Crippen molar-refractivity contribution < 1.29 is 9.84 Å². The Kier molecular flexibility index (Phi) is 4.94. The highest BCUT2D eigenvalue weighted by Gasteiger charge is 2.33. The minimum absolute atomic E-state index is 0.250. The van der Waals surface area contributed by atoms with Crippen LogP contribution in [0, 0.1) is 0 Å². The fourth-order valence-electron chi connectivity index (χ4n) is 3.16. The van der Waals surface area contributed by atoms with E-state index in [4.69, 9.17) is 4.74 Å². The summed E-state index contributed by atoms with van der Waals surface area (Å²) in [6.07, 6.45) is 6.04. The molecule has 2 aromatic heterocycles. The Morgan fingerprint density at radius 1 is 1.08 bits per heavy atom. The Hall–Kier alpha value is -2.71. The van der Waals surface area contributed by atoms with Crippen LogP contribution in [0.5, 0.6) is 5.75 Å². The third kappa shape index (κ3) is 4.09. The Bertz CT molecular complexity index is 804. The van der Waals surface area contributed by atoms with Crippen LogP contribution in [-0.4, -0.2) is 66.4 Å². The third-order valence-electron chi connectivity index (χ3n) is 4.51. The zero-order valence-electron chi connectivity index (χ0n) is 14.4. The van der Waals surface area contributed by atoms with Gasteiger partial charge in [-0.15, -0.1) is 0 Å². The number of nitrogens with zero attached hydrogens (tertiary/aromatic N) is 6. The fourth-order valence-corrected chi connectivity index (χ4v) is 3.16. The van der Waals surface area contributed by atoms with Crippen LogP contribution >= 0.6 is 0 Å². The zero-order chi connectivity index (χ0) is 17.8. The summed E-state index contributed by atoms with van der Waals surface area (Å²) in [6.45, 7) is 3.51. The molecule has 2 atom stereocenters. The second-order valence-electron chi connectivity index (χ2n) is 6.50. The number of aliphatic hydroxyl groups excluding tert-OH is 1. The van der Waals surface area contributed by atoms with Gasteiger partial charge in [-0.2, -0.15) is 10.2 Å². The fraction of sp³-hybridized carbons (Fsp3) is 0.389. The van der Waals surface area contributed by atoms with Crippen molar-refractivity contribution in [3.63, 3.8) is 0 Å². The standard InChI is InChI=1S/C18H22N6O2/c25-17-11-22(6-7-23-14-19-13-21-23)12-18(17)26-16-8-20-24(10-16)9-15-4-2-1-3-5-15/h1-5,8,10,13-14,17-18,25H,6-7,9,11-12H2/t17-,18-/m1/s1. The van der Waals surface area contributed by atoms with E-state index in [0.29, 0.717) is 25.4 Å². The number of ether oxygens (including phenoxy) is 1. The van der Waals surface area contributed by atoms with Gasteiger partial charge in [-0.1, -0.05) is 30.3 Å². The van der Waals surface area contributed by atoms with Gasteiger partial charge < -0.3 is 9.84 Å². The first kappa shape index (κ1) is 16.7. The molecule has 0 saturated carbocycles. The summed E-state index contributed by atoms with van der Waals surface area (Å²) >= 11 is 0. The summed E-state index contributed by atoms with van der Waals surface area (Å²) in [5.74, 6) is 0.683. The first-order valence-corrected chi connectivity index (χ1v) is 8.72. The number of β-amino-alcohol motifs (C(OH)–C–C–N with tert-alkyl or cyclic N) is 1. The van der Waals surface area contributed by atoms with Gasteiger partial charge in [0.05, 0.1) is 25.5 Å². The summed E-state index contributed by atoms with van der Waals surface area (Å²) in [5, 5.41) is 18.7. The van der Waals surface area contributed by atoms with Crippen molar-refractivity contribution in [2.75, 3.05) is 19.6 Å². The van der Waals surface area contributed by atoms with Crippen molar-refractivity contribution in [3.8, 4) is 5.75 Å².